The second kappa shape index (κ2) is 9.33. The first-order chi connectivity index (χ1) is 15.4. The summed E-state index contributed by atoms with van der Waals surface area (Å²) in [6, 6.07) is 19.8. The highest BCUT2D eigenvalue weighted by atomic mass is 35.5. The van der Waals surface area contributed by atoms with Crippen molar-refractivity contribution in [2.45, 2.75) is 18.4 Å². The maximum atomic E-state index is 12.8. The first-order valence-electron chi connectivity index (χ1n) is 10.1. The van der Waals surface area contributed by atoms with Crippen molar-refractivity contribution >= 4 is 35.1 Å². The molecule has 5 nitrogen and oxygen atoms in total. The molecular formula is C25H21Cl2NO4. The Kier molecular flexibility index (Phi) is 6.51. The summed E-state index contributed by atoms with van der Waals surface area (Å²) in [6.07, 6.45) is 0.137. The Hall–Kier alpha value is -2.86. The van der Waals surface area contributed by atoms with Crippen LogP contribution in [-0.2, 0) is 20.7 Å². The number of hydrogen-bond acceptors (Lipinski definition) is 4. The predicted molar refractivity (Wildman–Crippen MR) is 124 cm³/mol. The fourth-order valence-corrected chi connectivity index (χ4v) is 4.53. The topological polar surface area (TPSA) is 89.6 Å². The molecule has 3 aromatic carbocycles. The van der Waals surface area contributed by atoms with E-state index in [0.717, 1.165) is 22.3 Å². The van der Waals surface area contributed by atoms with E-state index in [0.29, 0.717) is 15.6 Å². The molecule has 0 fully saturated rings. The molecule has 0 bridgehead atoms. The van der Waals surface area contributed by atoms with Crippen molar-refractivity contribution in [1.29, 1.82) is 0 Å². The lowest BCUT2D eigenvalue weighted by Crippen LogP contribution is -2.43. The van der Waals surface area contributed by atoms with Gasteiger partial charge in [-0.1, -0.05) is 77.8 Å². The number of benzene rings is 3. The predicted octanol–water partition coefficient (Wildman–Crippen LogP) is 4.92. The minimum atomic E-state index is -1.50. The lowest BCUT2D eigenvalue weighted by Gasteiger charge is -2.21. The van der Waals surface area contributed by atoms with Crippen molar-refractivity contribution in [2.24, 2.45) is 11.7 Å². The van der Waals surface area contributed by atoms with Crippen LogP contribution in [0.4, 0.5) is 0 Å². The molecule has 4 rings (SSSR count). The summed E-state index contributed by atoms with van der Waals surface area (Å²) >= 11 is 12.0. The molecule has 164 valence electrons. The quantitative estimate of drug-likeness (QED) is 0.378. The second-order valence-electron chi connectivity index (χ2n) is 7.79. The molecule has 32 heavy (non-hydrogen) atoms. The van der Waals surface area contributed by atoms with Crippen LogP contribution in [-0.4, -0.2) is 29.7 Å². The van der Waals surface area contributed by atoms with Crippen LogP contribution in [0.25, 0.3) is 11.1 Å². The molecule has 0 saturated carbocycles. The van der Waals surface area contributed by atoms with Crippen LogP contribution < -0.4 is 5.73 Å². The minimum Gasteiger partial charge on any atom is -0.481 e. The Morgan fingerprint density at radius 3 is 2.09 bits per heavy atom. The minimum absolute atomic E-state index is 0.0378. The molecule has 2 unspecified atom stereocenters. The second-order valence-corrected chi connectivity index (χ2v) is 8.60. The van der Waals surface area contributed by atoms with Crippen molar-refractivity contribution in [3.8, 4) is 11.1 Å². The van der Waals surface area contributed by atoms with Gasteiger partial charge in [0.15, 0.2) is 5.92 Å². The van der Waals surface area contributed by atoms with Gasteiger partial charge in [-0.15, -0.1) is 0 Å². The Bertz CT molecular complexity index is 1130. The number of nitrogens with two attached hydrogens (primary N) is 1. The standard InChI is InChI=1S/C25H21Cl2NO4/c26-20-10-9-14(11-21(20)27)12-22(28)23(24(29)30)25(31)32-13-19-17-7-3-1-5-15(17)16-6-2-4-8-18(16)19/h1-11,19,22-23H,12-13,28H2,(H,29,30). The Morgan fingerprint density at radius 1 is 0.938 bits per heavy atom. The number of fused-ring (bicyclic) bond motifs is 3. The van der Waals surface area contributed by atoms with Crippen LogP contribution in [0, 0.1) is 5.92 Å². The summed E-state index contributed by atoms with van der Waals surface area (Å²) in [5.74, 6) is -3.84. The van der Waals surface area contributed by atoms with Crippen molar-refractivity contribution in [2.75, 3.05) is 6.61 Å². The number of aliphatic carboxylic acids is 1. The third-order valence-corrected chi connectivity index (χ3v) is 6.50. The zero-order valence-electron chi connectivity index (χ0n) is 17.0. The molecule has 7 heteroatoms. The number of esters is 1. The molecule has 0 saturated heterocycles. The SMILES string of the molecule is NC(Cc1ccc(Cl)c(Cl)c1)C(C(=O)O)C(=O)OCC1c2ccccc2-c2ccccc21. The number of hydrogen-bond donors (Lipinski definition) is 2. The van der Waals surface area contributed by atoms with Crippen LogP contribution in [0.1, 0.15) is 22.6 Å². The first-order valence-corrected chi connectivity index (χ1v) is 10.9. The maximum Gasteiger partial charge on any atom is 0.321 e. The fraction of sp³-hybridized carbons (Fsp3) is 0.200. The summed E-state index contributed by atoms with van der Waals surface area (Å²) < 4.78 is 5.52. The van der Waals surface area contributed by atoms with E-state index in [1.807, 2.05) is 48.5 Å². The van der Waals surface area contributed by atoms with Crippen LogP contribution >= 0.6 is 23.2 Å². The zero-order valence-corrected chi connectivity index (χ0v) is 18.5. The van der Waals surface area contributed by atoms with E-state index in [9.17, 15) is 14.7 Å². The van der Waals surface area contributed by atoms with Gasteiger partial charge in [0, 0.05) is 12.0 Å². The molecule has 2 atom stereocenters. The number of carboxylic acids is 1. The molecule has 1 aliphatic carbocycles. The smallest absolute Gasteiger partial charge is 0.321 e. The average molecular weight is 470 g/mol. The van der Waals surface area contributed by atoms with E-state index in [4.69, 9.17) is 33.7 Å². The van der Waals surface area contributed by atoms with E-state index in [2.05, 4.69) is 0 Å². The number of carboxylic acid groups (broad SMARTS) is 1. The number of ether oxygens (including phenoxy) is 1. The van der Waals surface area contributed by atoms with Gasteiger partial charge < -0.3 is 15.6 Å². The molecule has 0 aromatic heterocycles. The van der Waals surface area contributed by atoms with Crippen LogP contribution in [0.15, 0.2) is 66.7 Å². The number of rotatable bonds is 7. The largest absolute Gasteiger partial charge is 0.481 e. The number of halogens is 2. The van der Waals surface area contributed by atoms with E-state index in [1.54, 1.807) is 18.2 Å². The van der Waals surface area contributed by atoms with Crippen LogP contribution in [0.2, 0.25) is 10.0 Å². The van der Waals surface area contributed by atoms with Crippen molar-refractivity contribution in [1.82, 2.24) is 0 Å². The molecular weight excluding hydrogens is 449 g/mol. The molecule has 0 radical (unpaired) electrons. The normalized spacial score (nSPS) is 14.3. The maximum absolute atomic E-state index is 12.8. The lowest BCUT2D eigenvalue weighted by molar-refractivity contribution is -0.159. The van der Waals surface area contributed by atoms with Gasteiger partial charge in [-0.05, 0) is 46.4 Å². The van der Waals surface area contributed by atoms with Gasteiger partial charge in [-0.3, -0.25) is 9.59 Å². The van der Waals surface area contributed by atoms with Gasteiger partial charge in [-0.2, -0.15) is 0 Å². The average Bonchev–Trinajstić information content (AvgIpc) is 3.08. The van der Waals surface area contributed by atoms with Crippen molar-refractivity contribution in [3.63, 3.8) is 0 Å². The van der Waals surface area contributed by atoms with E-state index in [-0.39, 0.29) is 18.9 Å². The van der Waals surface area contributed by atoms with Crippen molar-refractivity contribution in [3.05, 3.63) is 93.5 Å². The monoisotopic (exact) mass is 469 g/mol. The van der Waals surface area contributed by atoms with Gasteiger partial charge in [0.25, 0.3) is 0 Å². The van der Waals surface area contributed by atoms with Gasteiger partial charge in [0.05, 0.1) is 10.0 Å². The first kappa shape index (κ1) is 22.3. The third kappa shape index (κ3) is 4.37. The molecule has 3 aromatic rings. The highest BCUT2D eigenvalue weighted by molar-refractivity contribution is 6.42. The zero-order chi connectivity index (χ0) is 22.8. The highest BCUT2D eigenvalue weighted by Gasteiger charge is 2.36. The van der Waals surface area contributed by atoms with E-state index in [1.165, 1.54) is 0 Å². The van der Waals surface area contributed by atoms with Gasteiger partial charge in [-0.25, -0.2) is 0 Å². The number of carbonyl (C=O) groups is 2. The summed E-state index contributed by atoms with van der Waals surface area (Å²) in [6.45, 7) is 0.0378. The highest BCUT2D eigenvalue weighted by Crippen LogP contribution is 2.44. The Balaban J connectivity index is 1.49. The molecule has 3 N–H and O–H groups in total. The molecule has 0 amide bonds. The molecule has 0 heterocycles. The fourth-order valence-electron chi connectivity index (χ4n) is 4.21. The Labute approximate surface area is 195 Å². The van der Waals surface area contributed by atoms with Crippen molar-refractivity contribution < 1.29 is 19.4 Å². The molecule has 0 aliphatic heterocycles. The van der Waals surface area contributed by atoms with Crippen LogP contribution in [0.3, 0.4) is 0 Å². The lowest BCUT2D eigenvalue weighted by atomic mass is 9.94. The van der Waals surface area contributed by atoms with Gasteiger partial charge in [0.1, 0.15) is 6.61 Å². The van der Waals surface area contributed by atoms with Gasteiger partial charge >= 0.3 is 11.9 Å². The summed E-state index contributed by atoms with van der Waals surface area (Å²) in [5, 5.41) is 10.4. The molecule has 1 aliphatic rings. The van der Waals surface area contributed by atoms with E-state index >= 15 is 0 Å². The Morgan fingerprint density at radius 2 is 1.53 bits per heavy atom. The summed E-state index contributed by atoms with van der Waals surface area (Å²) in [5.41, 5.74) is 11.1. The van der Waals surface area contributed by atoms with E-state index < -0.39 is 23.9 Å². The third-order valence-electron chi connectivity index (χ3n) is 5.76. The number of carbonyl (C=O) groups excluding carboxylic acids is 1. The van der Waals surface area contributed by atoms with Gasteiger partial charge in [0.2, 0.25) is 0 Å². The summed E-state index contributed by atoms with van der Waals surface area (Å²) in [7, 11) is 0. The molecule has 0 spiro atoms. The van der Waals surface area contributed by atoms with Crippen LogP contribution in [0.5, 0.6) is 0 Å². The summed E-state index contributed by atoms with van der Waals surface area (Å²) in [4.78, 5) is 24.6.